The maximum Gasteiger partial charge on any atom is 0.341 e. The van der Waals surface area contributed by atoms with Gasteiger partial charge in [0, 0.05) is 18.0 Å². The quantitative estimate of drug-likeness (QED) is 0.816. The van der Waals surface area contributed by atoms with Crippen molar-refractivity contribution in [3.05, 3.63) is 51.4 Å². The van der Waals surface area contributed by atoms with E-state index in [0.717, 1.165) is 30.0 Å². The molecule has 0 atom stereocenters. The second kappa shape index (κ2) is 8.01. The molecule has 1 N–H and O–H groups in total. The minimum atomic E-state index is -0.378. The third-order valence-corrected chi connectivity index (χ3v) is 5.82. The lowest BCUT2D eigenvalue weighted by Crippen LogP contribution is -2.37. The fraction of sp³-hybridized carbons (Fsp3) is 0.400. The van der Waals surface area contributed by atoms with Gasteiger partial charge < -0.3 is 10.1 Å². The summed E-state index contributed by atoms with van der Waals surface area (Å²) < 4.78 is 5.14. The lowest BCUT2D eigenvalue weighted by atomic mass is 10.00. The van der Waals surface area contributed by atoms with Gasteiger partial charge in [-0.05, 0) is 43.9 Å². The molecule has 0 spiro atoms. The van der Waals surface area contributed by atoms with Crippen LogP contribution in [0.25, 0.3) is 0 Å². The fourth-order valence-electron chi connectivity index (χ4n) is 3.22. The van der Waals surface area contributed by atoms with Crippen molar-refractivity contribution in [1.29, 1.82) is 0 Å². The summed E-state index contributed by atoms with van der Waals surface area (Å²) in [4.78, 5) is 27.9. The van der Waals surface area contributed by atoms with E-state index >= 15 is 0 Å². The number of fused-ring (bicyclic) bond motifs is 1. The summed E-state index contributed by atoms with van der Waals surface area (Å²) in [6.07, 6.45) is 0.953. The van der Waals surface area contributed by atoms with E-state index < -0.39 is 0 Å². The maximum absolute atomic E-state index is 12.5. The number of amides is 1. The average molecular weight is 372 g/mol. The number of aryl methyl sites for hydroxylation is 1. The van der Waals surface area contributed by atoms with Crippen LogP contribution in [0.15, 0.2) is 24.3 Å². The number of thiophene rings is 1. The predicted octanol–water partition coefficient (Wildman–Crippen LogP) is 3.54. The lowest BCUT2D eigenvalue weighted by molar-refractivity contribution is -0.117. The van der Waals surface area contributed by atoms with Gasteiger partial charge in [-0.25, -0.2) is 4.79 Å². The first-order valence-corrected chi connectivity index (χ1v) is 9.67. The molecule has 0 aliphatic carbocycles. The first-order valence-electron chi connectivity index (χ1n) is 8.85. The number of anilines is 1. The second-order valence-electron chi connectivity index (χ2n) is 6.49. The van der Waals surface area contributed by atoms with Crippen LogP contribution in [0.3, 0.4) is 0 Å². The van der Waals surface area contributed by atoms with Crippen molar-refractivity contribution in [2.24, 2.45) is 0 Å². The van der Waals surface area contributed by atoms with Gasteiger partial charge in [0.25, 0.3) is 0 Å². The Bertz CT molecular complexity index is 828. The van der Waals surface area contributed by atoms with Crippen LogP contribution < -0.4 is 5.32 Å². The van der Waals surface area contributed by atoms with E-state index in [4.69, 9.17) is 4.74 Å². The molecular weight excluding hydrogens is 348 g/mol. The zero-order valence-electron chi connectivity index (χ0n) is 15.4. The van der Waals surface area contributed by atoms with E-state index in [1.807, 2.05) is 19.9 Å². The molecule has 1 aromatic heterocycles. The van der Waals surface area contributed by atoms with Crippen LogP contribution in [-0.2, 0) is 22.5 Å². The third kappa shape index (κ3) is 3.97. The number of esters is 1. The largest absolute Gasteiger partial charge is 0.462 e. The van der Waals surface area contributed by atoms with Gasteiger partial charge in [0.15, 0.2) is 0 Å². The molecule has 0 fully saturated rings. The summed E-state index contributed by atoms with van der Waals surface area (Å²) in [7, 11) is 0. The molecular formula is C20H24N2O3S. The molecule has 1 aromatic carbocycles. The molecule has 5 nitrogen and oxygen atoms in total. The van der Waals surface area contributed by atoms with E-state index in [-0.39, 0.29) is 11.9 Å². The van der Waals surface area contributed by atoms with Crippen molar-refractivity contribution < 1.29 is 14.3 Å². The molecule has 138 valence electrons. The van der Waals surface area contributed by atoms with E-state index in [9.17, 15) is 9.59 Å². The number of carbonyl (C=O) groups excluding carboxylic acids is 2. The first-order chi connectivity index (χ1) is 12.5. The molecule has 26 heavy (non-hydrogen) atoms. The molecule has 6 heteroatoms. The van der Waals surface area contributed by atoms with Crippen molar-refractivity contribution in [2.45, 2.75) is 33.7 Å². The molecule has 1 aliphatic rings. The Morgan fingerprint density at radius 1 is 1.23 bits per heavy atom. The Morgan fingerprint density at radius 2 is 1.96 bits per heavy atom. The smallest absolute Gasteiger partial charge is 0.341 e. The Balaban J connectivity index is 1.68. The summed E-state index contributed by atoms with van der Waals surface area (Å²) in [5.74, 6) is -0.479. The van der Waals surface area contributed by atoms with E-state index in [2.05, 4.69) is 28.4 Å². The van der Waals surface area contributed by atoms with Gasteiger partial charge in [-0.3, -0.25) is 9.69 Å². The van der Waals surface area contributed by atoms with Gasteiger partial charge in [-0.1, -0.05) is 24.3 Å². The van der Waals surface area contributed by atoms with Crippen LogP contribution in [0.5, 0.6) is 0 Å². The normalized spacial score (nSPS) is 14.0. The molecule has 0 unspecified atom stereocenters. The van der Waals surface area contributed by atoms with Crippen LogP contribution in [0, 0.1) is 13.8 Å². The highest BCUT2D eigenvalue weighted by Gasteiger charge is 2.23. The minimum Gasteiger partial charge on any atom is -0.462 e. The van der Waals surface area contributed by atoms with Gasteiger partial charge in [0.05, 0.1) is 18.7 Å². The number of ether oxygens (including phenoxy) is 1. The van der Waals surface area contributed by atoms with Crippen molar-refractivity contribution in [3.8, 4) is 0 Å². The first kappa shape index (κ1) is 18.6. The van der Waals surface area contributed by atoms with Crippen molar-refractivity contribution >= 4 is 28.2 Å². The number of nitrogens with zero attached hydrogens (tertiary/aromatic N) is 1. The van der Waals surface area contributed by atoms with Crippen LogP contribution in [0.4, 0.5) is 5.00 Å². The van der Waals surface area contributed by atoms with E-state index in [1.54, 1.807) is 6.92 Å². The van der Waals surface area contributed by atoms with Crippen LogP contribution in [-0.4, -0.2) is 36.5 Å². The number of rotatable bonds is 5. The minimum absolute atomic E-state index is 0.101. The fourth-order valence-corrected chi connectivity index (χ4v) is 4.29. The zero-order chi connectivity index (χ0) is 18.7. The van der Waals surface area contributed by atoms with E-state index in [1.165, 1.54) is 22.5 Å². The second-order valence-corrected chi connectivity index (χ2v) is 7.71. The number of benzene rings is 1. The number of nitrogens with one attached hydrogen (secondary N) is 1. The summed E-state index contributed by atoms with van der Waals surface area (Å²) in [6.45, 7) is 7.86. The molecule has 2 aromatic rings. The van der Waals surface area contributed by atoms with Crippen molar-refractivity contribution in [3.63, 3.8) is 0 Å². The molecule has 2 heterocycles. The number of carbonyl (C=O) groups is 2. The average Bonchev–Trinajstić information content (AvgIpc) is 2.88. The Kier molecular flexibility index (Phi) is 5.74. The van der Waals surface area contributed by atoms with Gasteiger partial charge in [0.2, 0.25) is 5.91 Å². The zero-order valence-corrected chi connectivity index (χ0v) is 16.2. The molecule has 0 saturated carbocycles. The van der Waals surface area contributed by atoms with Gasteiger partial charge in [-0.15, -0.1) is 11.3 Å². The number of hydrogen-bond donors (Lipinski definition) is 1. The molecule has 0 bridgehead atoms. The molecule has 3 rings (SSSR count). The van der Waals surface area contributed by atoms with Crippen LogP contribution in [0.2, 0.25) is 0 Å². The Labute approximate surface area is 158 Å². The lowest BCUT2D eigenvalue weighted by Gasteiger charge is -2.28. The Morgan fingerprint density at radius 3 is 2.69 bits per heavy atom. The van der Waals surface area contributed by atoms with Crippen molar-refractivity contribution in [2.75, 3.05) is 25.0 Å². The SMILES string of the molecule is CCOC(=O)c1c(NC(=O)CN2CCc3ccccc3C2)sc(C)c1C. The van der Waals surface area contributed by atoms with Crippen molar-refractivity contribution in [1.82, 2.24) is 4.90 Å². The maximum atomic E-state index is 12.5. The summed E-state index contributed by atoms with van der Waals surface area (Å²) in [6, 6.07) is 8.35. The van der Waals surface area contributed by atoms with Crippen LogP contribution >= 0.6 is 11.3 Å². The molecule has 1 aliphatic heterocycles. The highest BCUT2D eigenvalue weighted by Crippen LogP contribution is 2.33. The Hall–Kier alpha value is -2.18. The summed E-state index contributed by atoms with van der Waals surface area (Å²) >= 11 is 1.42. The topological polar surface area (TPSA) is 58.6 Å². The van der Waals surface area contributed by atoms with Crippen LogP contribution in [0.1, 0.15) is 38.8 Å². The summed E-state index contributed by atoms with van der Waals surface area (Å²) in [5.41, 5.74) is 3.99. The van der Waals surface area contributed by atoms with Gasteiger partial charge in [0.1, 0.15) is 5.00 Å². The standard InChI is InChI=1S/C20H24N2O3S/c1-4-25-20(24)18-13(2)14(3)26-19(18)21-17(23)12-22-10-9-15-7-5-6-8-16(15)11-22/h5-8H,4,9-12H2,1-3H3,(H,21,23). The predicted molar refractivity (Wildman–Crippen MR) is 104 cm³/mol. The summed E-state index contributed by atoms with van der Waals surface area (Å²) in [5, 5.41) is 3.50. The molecule has 0 saturated heterocycles. The van der Waals surface area contributed by atoms with Gasteiger partial charge in [-0.2, -0.15) is 0 Å². The monoisotopic (exact) mass is 372 g/mol. The third-order valence-electron chi connectivity index (χ3n) is 4.69. The van der Waals surface area contributed by atoms with E-state index in [0.29, 0.717) is 23.7 Å². The van der Waals surface area contributed by atoms with Gasteiger partial charge >= 0.3 is 5.97 Å². The highest BCUT2D eigenvalue weighted by molar-refractivity contribution is 7.16. The molecule has 0 radical (unpaired) electrons. The highest BCUT2D eigenvalue weighted by atomic mass is 32.1. The molecule has 1 amide bonds. The number of hydrogen-bond acceptors (Lipinski definition) is 5.